The van der Waals surface area contributed by atoms with Crippen LogP contribution in [0.3, 0.4) is 0 Å². The molecule has 1 unspecified atom stereocenters. The topological polar surface area (TPSA) is 96.5 Å². The van der Waals surface area contributed by atoms with E-state index in [1.807, 2.05) is 36.4 Å². The fourth-order valence-corrected chi connectivity index (χ4v) is 3.94. The molecule has 0 amide bonds. The summed E-state index contributed by atoms with van der Waals surface area (Å²) in [5, 5.41) is 13.5. The highest BCUT2D eigenvalue weighted by molar-refractivity contribution is 5.86. The van der Waals surface area contributed by atoms with E-state index in [0.717, 1.165) is 28.7 Å². The van der Waals surface area contributed by atoms with Gasteiger partial charge in [0, 0.05) is 41.8 Å². The van der Waals surface area contributed by atoms with Crippen molar-refractivity contribution in [2.75, 3.05) is 18.5 Å². The number of fused-ring (bicyclic) bond motifs is 1. The van der Waals surface area contributed by atoms with Crippen LogP contribution in [-0.4, -0.2) is 40.6 Å². The van der Waals surface area contributed by atoms with Gasteiger partial charge in [0.25, 0.3) is 0 Å². The van der Waals surface area contributed by atoms with Crippen LogP contribution in [0.2, 0.25) is 0 Å². The number of ether oxygens (including phenoxy) is 2. The monoisotopic (exact) mass is 499 g/mol. The maximum atomic E-state index is 12.5. The van der Waals surface area contributed by atoms with Gasteiger partial charge in [0.15, 0.2) is 0 Å². The van der Waals surface area contributed by atoms with Gasteiger partial charge < -0.3 is 24.9 Å². The molecular weight excluding hydrogens is 475 g/mol. The van der Waals surface area contributed by atoms with Gasteiger partial charge in [-0.3, -0.25) is 4.79 Å². The van der Waals surface area contributed by atoms with E-state index in [2.05, 4.69) is 20.0 Å². The van der Waals surface area contributed by atoms with E-state index in [1.165, 1.54) is 24.3 Å². The Morgan fingerprint density at radius 3 is 2.56 bits per heavy atom. The molecule has 2 aromatic carbocycles. The first-order chi connectivity index (χ1) is 17.3. The number of benzene rings is 2. The number of alkyl halides is 3. The molecule has 10 heteroatoms. The molecule has 36 heavy (non-hydrogen) atoms. The Kier molecular flexibility index (Phi) is 7.62. The van der Waals surface area contributed by atoms with E-state index in [9.17, 15) is 23.1 Å². The Labute approximate surface area is 204 Å². The first-order valence-electron chi connectivity index (χ1n) is 11.2. The van der Waals surface area contributed by atoms with Crippen molar-refractivity contribution in [3.8, 4) is 11.5 Å². The van der Waals surface area contributed by atoms with Crippen molar-refractivity contribution >= 4 is 22.7 Å². The molecule has 0 aliphatic carbocycles. The van der Waals surface area contributed by atoms with Crippen LogP contribution in [0.25, 0.3) is 10.9 Å². The average Bonchev–Trinajstić information content (AvgIpc) is 3.25. The molecule has 4 aromatic rings. The summed E-state index contributed by atoms with van der Waals surface area (Å²) in [5.41, 5.74) is 2.05. The minimum Gasteiger partial charge on any atom is -0.493 e. The van der Waals surface area contributed by atoms with Crippen LogP contribution in [0, 0.1) is 0 Å². The van der Waals surface area contributed by atoms with E-state index in [1.54, 1.807) is 12.4 Å². The van der Waals surface area contributed by atoms with Gasteiger partial charge in [0.05, 0.1) is 13.0 Å². The van der Waals surface area contributed by atoms with Gasteiger partial charge in [0.1, 0.15) is 17.3 Å². The molecule has 0 radical (unpaired) electrons. The summed E-state index contributed by atoms with van der Waals surface area (Å²) >= 11 is 0. The van der Waals surface area contributed by atoms with Crippen molar-refractivity contribution in [2.24, 2.45) is 0 Å². The normalized spacial score (nSPS) is 12.3. The van der Waals surface area contributed by atoms with Gasteiger partial charge in [0.2, 0.25) is 0 Å². The second kappa shape index (κ2) is 11.0. The number of hydrogen-bond donors (Lipinski definition) is 3. The van der Waals surface area contributed by atoms with Crippen LogP contribution < -0.4 is 14.8 Å². The van der Waals surface area contributed by atoms with Gasteiger partial charge >= 0.3 is 12.3 Å². The zero-order valence-corrected chi connectivity index (χ0v) is 19.1. The average molecular weight is 499 g/mol. The second-order valence-electron chi connectivity index (χ2n) is 8.06. The van der Waals surface area contributed by atoms with Gasteiger partial charge in [-0.05, 0) is 53.9 Å². The predicted octanol–water partition coefficient (Wildman–Crippen LogP) is 5.95. The van der Waals surface area contributed by atoms with Crippen LogP contribution in [0.4, 0.5) is 19.0 Å². The highest BCUT2D eigenvalue weighted by Crippen LogP contribution is 2.36. The number of carboxylic acid groups (broad SMARTS) is 1. The number of carboxylic acids is 1. The van der Waals surface area contributed by atoms with Crippen molar-refractivity contribution < 1.29 is 32.5 Å². The van der Waals surface area contributed by atoms with Gasteiger partial charge in [-0.25, -0.2) is 4.98 Å². The highest BCUT2D eigenvalue weighted by atomic mass is 19.4. The minimum atomic E-state index is -4.80. The standard InChI is InChI=1S/C26H24F3N3O4/c27-26(28,29)36-18-7-5-17(6-8-18)21(15-25(33)34)22-16-32-23-14-19(9-10-20(22)23)35-13-3-12-31-24-4-1-2-11-30-24/h1-2,4-11,14,16,21,32H,3,12-13,15H2,(H,30,31)(H,33,34). The molecule has 4 rings (SSSR count). The number of carbonyl (C=O) groups is 1. The van der Waals surface area contributed by atoms with Crippen molar-refractivity contribution in [3.63, 3.8) is 0 Å². The summed E-state index contributed by atoms with van der Waals surface area (Å²) in [6, 6.07) is 16.4. The SMILES string of the molecule is O=C(O)CC(c1ccc(OC(F)(F)F)cc1)c1c[nH]c2cc(OCCCNc3ccccn3)ccc12. The number of aromatic amines is 1. The van der Waals surface area contributed by atoms with Crippen LogP contribution in [0.5, 0.6) is 11.5 Å². The third-order valence-corrected chi connectivity index (χ3v) is 5.52. The number of hydrogen-bond acceptors (Lipinski definition) is 5. The first kappa shape index (κ1) is 24.9. The number of H-pyrrole nitrogens is 1. The number of aromatic nitrogens is 2. The smallest absolute Gasteiger partial charge is 0.493 e. The van der Waals surface area contributed by atoms with Crippen molar-refractivity contribution in [1.82, 2.24) is 9.97 Å². The first-order valence-corrected chi connectivity index (χ1v) is 11.2. The fraction of sp³-hybridized carbons (Fsp3) is 0.231. The lowest BCUT2D eigenvalue weighted by Gasteiger charge is -2.16. The van der Waals surface area contributed by atoms with Gasteiger partial charge in [-0.1, -0.05) is 18.2 Å². The number of nitrogens with one attached hydrogen (secondary N) is 2. The van der Waals surface area contributed by atoms with E-state index >= 15 is 0 Å². The largest absolute Gasteiger partial charge is 0.573 e. The summed E-state index contributed by atoms with van der Waals surface area (Å²) in [4.78, 5) is 18.9. The van der Waals surface area contributed by atoms with Crippen LogP contribution in [0.1, 0.15) is 29.9 Å². The zero-order chi connectivity index (χ0) is 25.5. The molecule has 7 nitrogen and oxygen atoms in total. The van der Waals surface area contributed by atoms with Gasteiger partial charge in [-0.15, -0.1) is 13.2 Å². The molecule has 3 N–H and O–H groups in total. The third kappa shape index (κ3) is 6.68. The zero-order valence-electron chi connectivity index (χ0n) is 19.1. The summed E-state index contributed by atoms with van der Waals surface area (Å²) in [6.07, 6.45) is -0.822. The van der Waals surface area contributed by atoms with Crippen LogP contribution in [0.15, 0.2) is 73.1 Å². The van der Waals surface area contributed by atoms with E-state index in [-0.39, 0.29) is 12.2 Å². The van der Waals surface area contributed by atoms with Crippen molar-refractivity contribution in [1.29, 1.82) is 0 Å². The number of nitrogens with zero attached hydrogens (tertiary/aromatic N) is 1. The number of rotatable bonds is 11. The Balaban J connectivity index is 1.44. The predicted molar refractivity (Wildman–Crippen MR) is 128 cm³/mol. The maximum Gasteiger partial charge on any atom is 0.573 e. The molecule has 0 aliphatic rings. The number of anilines is 1. The quantitative estimate of drug-likeness (QED) is 0.221. The Morgan fingerprint density at radius 2 is 1.86 bits per heavy atom. The molecule has 2 heterocycles. The third-order valence-electron chi connectivity index (χ3n) is 5.52. The van der Waals surface area contributed by atoms with Crippen molar-refractivity contribution in [3.05, 3.63) is 84.2 Å². The number of aliphatic carboxylic acids is 1. The Morgan fingerprint density at radius 1 is 1.08 bits per heavy atom. The highest BCUT2D eigenvalue weighted by Gasteiger charge is 2.31. The van der Waals surface area contributed by atoms with Gasteiger partial charge in [-0.2, -0.15) is 0 Å². The molecule has 0 saturated carbocycles. The molecular formula is C26H24F3N3O4. The summed E-state index contributed by atoms with van der Waals surface area (Å²) < 4.78 is 47.2. The number of halogens is 3. The summed E-state index contributed by atoms with van der Waals surface area (Å²) in [5.74, 6) is -0.491. The molecule has 0 aliphatic heterocycles. The lowest BCUT2D eigenvalue weighted by Crippen LogP contribution is -2.17. The lowest BCUT2D eigenvalue weighted by molar-refractivity contribution is -0.274. The molecule has 0 bridgehead atoms. The van der Waals surface area contributed by atoms with E-state index in [0.29, 0.717) is 24.5 Å². The lowest BCUT2D eigenvalue weighted by atomic mass is 9.88. The molecule has 0 fully saturated rings. The van der Waals surface area contributed by atoms with Crippen LogP contribution >= 0.6 is 0 Å². The molecule has 0 spiro atoms. The molecule has 2 aromatic heterocycles. The summed E-state index contributed by atoms with van der Waals surface area (Å²) in [6.45, 7) is 1.20. The van der Waals surface area contributed by atoms with Crippen molar-refractivity contribution in [2.45, 2.75) is 25.1 Å². The van der Waals surface area contributed by atoms with Crippen LogP contribution in [-0.2, 0) is 4.79 Å². The van der Waals surface area contributed by atoms with E-state index < -0.39 is 18.2 Å². The maximum absolute atomic E-state index is 12.5. The Bertz CT molecular complexity index is 1290. The molecule has 1 atom stereocenters. The second-order valence-corrected chi connectivity index (χ2v) is 8.06. The molecule has 0 saturated heterocycles. The molecule has 188 valence electrons. The summed E-state index contributed by atoms with van der Waals surface area (Å²) in [7, 11) is 0. The van der Waals surface area contributed by atoms with E-state index in [4.69, 9.17) is 4.74 Å². The number of pyridine rings is 1. The minimum absolute atomic E-state index is 0.228. The fourth-order valence-electron chi connectivity index (χ4n) is 3.94. The Hall–Kier alpha value is -4.21.